The molecular weight excluding hydrogens is 320 g/mol. The third-order valence-corrected chi connectivity index (χ3v) is 4.32. The summed E-state index contributed by atoms with van der Waals surface area (Å²) >= 11 is 0. The van der Waals surface area contributed by atoms with Crippen LogP contribution in [0.2, 0.25) is 0 Å². The fourth-order valence-corrected chi connectivity index (χ4v) is 2.80. The van der Waals surface area contributed by atoms with Gasteiger partial charge < -0.3 is 10.2 Å². The molecule has 0 aliphatic carbocycles. The molecule has 26 heavy (non-hydrogen) atoms. The van der Waals surface area contributed by atoms with Crippen LogP contribution < -0.4 is 5.32 Å². The molecule has 0 spiro atoms. The van der Waals surface area contributed by atoms with E-state index in [-0.39, 0.29) is 6.03 Å². The quantitative estimate of drug-likeness (QED) is 0.649. The van der Waals surface area contributed by atoms with Gasteiger partial charge in [0.05, 0.1) is 0 Å². The SMILES string of the molecule is Cc1ccc(NC(=O)N(CCc2ccccc2)Cc2ccccc2)cc1. The van der Waals surface area contributed by atoms with Crippen LogP contribution in [0.15, 0.2) is 84.9 Å². The molecule has 1 N–H and O–H groups in total. The van der Waals surface area contributed by atoms with Crippen molar-refractivity contribution >= 4 is 11.7 Å². The lowest BCUT2D eigenvalue weighted by Gasteiger charge is -2.23. The first-order valence-corrected chi connectivity index (χ1v) is 8.91. The molecule has 0 heterocycles. The summed E-state index contributed by atoms with van der Waals surface area (Å²) in [5.41, 5.74) is 4.35. The summed E-state index contributed by atoms with van der Waals surface area (Å²) in [6.07, 6.45) is 0.828. The molecule has 0 fully saturated rings. The Hall–Kier alpha value is -3.07. The molecule has 3 aromatic rings. The van der Waals surface area contributed by atoms with Crippen molar-refractivity contribution in [2.45, 2.75) is 19.9 Å². The Bertz CT molecular complexity index is 814. The van der Waals surface area contributed by atoms with Gasteiger partial charge in [0.1, 0.15) is 0 Å². The van der Waals surface area contributed by atoms with E-state index in [1.54, 1.807) is 0 Å². The summed E-state index contributed by atoms with van der Waals surface area (Å²) < 4.78 is 0. The van der Waals surface area contributed by atoms with E-state index < -0.39 is 0 Å². The third kappa shape index (κ3) is 5.21. The Balaban J connectivity index is 1.70. The summed E-state index contributed by atoms with van der Waals surface area (Å²) in [6, 6.07) is 28.2. The fourth-order valence-electron chi connectivity index (χ4n) is 2.80. The second-order valence-corrected chi connectivity index (χ2v) is 6.44. The second kappa shape index (κ2) is 8.86. The van der Waals surface area contributed by atoms with Crippen molar-refractivity contribution in [1.82, 2.24) is 4.90 Å². The van der Waals surface area contributed by atoms with E-state index in [0.29, 0.717) is 13.1 Å². The second-order valence-electron chi connectivity index (χ2n) is 6.44. The van der Waals surface area contributed by atoms with Gasteiger partial charge in [0.25, 0.3) is 0 Å². The molecule has 3 heteroatoms. The first kappa shape index (κ1) is 17.7. The number of hydrogen-bond acceptors (Lipinski definition) is 1. The normalized spacial score (nSPS) is 10.3. The zero-order chi connectivity index (χ0) is 18.2. The minimum atomic E-state index is -0.0753. The zero-order valence-electron chi connectivity index (χ0n) is 15.1. The molecule has 0 saturated carbocycles. The summed E-state index contributed by atoms with van der Waals surface area (Å²) in [5.74, 6) is 0. The Labute approximate surface area is 155 Å². The number of rotatable bonds is 6. The molecule has 0 aliphatic rings. The Morgan fingerprint density at radius 3 is 2.00 bits per heavy atom. The van der Waals surface area contributed by atoms with Crippen LogP contribution in [0.4, 0.5) is 10.5 Å². The minimum absolute atomic E-state index is 0.0753. The zero-order valence-corrected chi connectivity index (χ0v) is 15.1. The molecule has 3 aromatic carbocycles. The molecule has 2 amide bonds. The van der Waals surface area contributed by atoms with Crippen LogP contribution in [0, 0.1) is 6.92 Å². The Kier molecular flexibility index (Phi) is 6.05. The van der Waals surface area contributed by atoms with Crippen molar-refractivity contribution in [2.24, 2.45) is 0 Å². The average Bonchev–Trinajstić information content (AvgIpc) is 2.68. The van der Waals surface area contributed by atoms with E-state index in [0.717, 1.165) is 17.7 Å². The number of hydrogen-bond donors (Lipinski definition) is 1. The average molecular weight is 344 g/mol. The van der Waals surface area contributed by atoms with Gasteiger partial charge in [-0.3, -0.25) is 0 Å². The largest absolute Gasteiger partial charge is 0.322 e. The van der Waals surface area contributed by atoms with Gasteiger partial charge in [0.2, 0.25) is 0 Å². The highest BCUT2D eigenvalue weighted by Crippen LogP contribution is 2.12. The van der Waals surface area contributed by atoms with Crippen LogP contribution in [0.1, 0.15) is 16.7 Å². The molecule has 0 bridgehead atoms. The maximum absolute atomic E-state index is 12.8. The van der Waals surface area contributed by atoms with Gasteiger partial charge >= 0.3 is 6.03 Å². The molecule has 0 atom stereocenters. The van der Waals surface area contributed by atoms with Crippen molar-refractivity contribution in [1.29, 1.82) is 0 Å². The van der Waals surface area contributed by atoms with Crippen molar-refractivity contribution < 1.29 is 4.79 Å². The maximum Gasteiger partial charge on any atom is 0.322 e. The van der Waals surface area contributed by atoms with Crippen LogP contribution in [-0.4, -0.2) is 17.5 Å². The van der Waals surface area contributed by atoms with Gasteiger partial charge in [-0.05, 0) is 36.6 Å². The Morgan fingerprint density at radius 2 is 1.38 bits per heavy atom. The lowest BCUT2D eigenvalue weighted by atomic mass is 10.1. The molecule has 3 nitrogen and oxygen atoms in total. The standard InChI is InChI=1S/C23H24N2O/c1-19-12-14-22(15-13-19)24-23(26)25(18-21-10-6-3-7-11-21)17-16-20-8-4-2-5-9-20/h2-15H,16-18H2,1H3,(H,24,26). The minimum Gasteiger partial charge on any atom is -0.320 e. The van der Waals surface area contributed by atoms with Crippen LogP contribution in [-0.2, 0) is 13.0 Å². The van der Waals surface area contributed by atoms with E-state index in [1.165, 1.54) is 11.1 Å². The van der Waals surface area contributed by atoms with Gasteiger partial charge in [-0.1, -0.05) is 78.4 Å². The number of nitrogens with one attached hydrogen (secondary N) is 1. The van der Waals surface area contributed by atoms with Crippen molar-refractivity contribution in [2.75, 3.05) is 11.9 Å². The van der Waals surface area contributed by atoms with E-state index in [9.17, 15) is 4.79 Å². The highest BCUT2D eigenvalue weighted by Gasteiger charge is 2.14. The number of amides is 2. The summed E-state index contributed by atoms with van der Waals surface area (Å²) in [6.45, 7) is 3.29. The first-order valence-electron chi connectivity index (χ1n) is 8.91. The first-order chi connectivity index (χ1) is 12.7. The lowest BCUT2D eigenvalue weighted by Crippen LogP contribution is -2.36. The predicted molar refractivity (Wildman–Crippen MR) is 107 cm³/mol. The summed E-state index contributed by atoms with van der Waals surface area (Å²) in [7, 11) is 0. The number of benzene rings is 3. The lowest BCUT2D eigenvalue weighted by molar-refractivity contribution is 0.210. The monoisotopic (exact) mass is 344 g/mol. The number of anilines is 1. The van der Waals surface area contributed by atoms with Gasteiger partial charge in [-0.15, -0.1) is 0 Å². The molecule has 0 saturated heterocycles. The van der Waals surface area contributed by atoms with Crippen LogP contribution >= 0.6 is 0 Å². The highest BCUT2D eigenvalue weighted by atomic mass is 16.2. The number of urea groups is 1. The van der Waals surface area contributed by atoms with Gasteiger partial charge in [-0.25, -0.2) is 4.79 Å². The van der Waals surface area contributed by atoms with Gasteiger partial charge in [0.15, 0.2) is 0 Å². The van der Waals surface area contributed by atoms with Crippen molar-refractivity contribution in [3.8, 4) is 0 Å². The van der Waals surface area contributed by atoms with Crippen LogP contribution in [0.25, 0.3) is 0 Å². The molecule has 0 radical (unpaired) electrons. The molecule has 0 aliphatic heterocycles. The smallest absolute Gasteiger partial charge is 0.320 e. The van der Waals surface area contributed by atoms with E-state index >= 15 is 0 Å². The molecule has 3 rings (SSSR count). The number of carbonyl (C=O) groups excluding carboxylic acids is 1. The number of aryl methyl sites for hydroxylation is 1. The molecule has 0 aromatic heterocycles. The van der Waals surface area contributed by atoms with Crippen molar-refractivity contribution in [3.63, 3.8) is 0 Å². The van der Waals surface area contributed by atoms with E-state index in [1.807, 2.05) is 72.5 Å². The van der Waals surface area contributed by atoms with E-state index in [2.05, 4.69) is 29.6 Å². The predicted octanol–water partition coefficient (Wildman–Crippen LogP) is 5.27. The number of nitrogens with zero attached hydrogens (tertiary/aromatic N) is 1. The molecule has 0 unspecified atom stereocenters. The summed E-state index contributed by atoms with van der Waals surface area (Å²) in [4.78, 5) is 14.7. The third-order valence-electron chi connectivity index (χ3n) is 4.32. The summed E-state index contributed by atoms with van der Waals surface area (Å²) in [5, 5.41) is 3.01. The van der Waals surface area contributed by atoms with E-state index in [4.69, 9.17) is 0 Å². The maximum atomic E-state index is 12.8. The van der Waals surface area contributed by atoms with Crippen LogP contribution in [0.3, 0.4) is 0 Å². The van der Waals surface area contributed by atoms with Crippen molar-refractivity contribution in [3.05, 3.63) is 102 Å². The topological polar surface area (TPSA) is 32.3 Å². The van der Waals surface area contributed by atoms with Gasteiger partial charge in [-0.2, -0.15) is 0 Å². The molecular formula is C23H24N2O. The molecule has 132 valence electrons. The Morgan fingerprint density at radius 1 is 0.808 bits per heavy atom. The van der Waals surface area contributed by atoms with Gasteiger partial charge in [0, 0.05) is 18.8 Å². The number of carbonyl (C=O) groups is 1. The highest BCUT2D eigenvalue weighted by molar-refractivity contribution is 5.89. The fraction of sp³-hybridized carbons (Fsp3) is 0.174. The van der Waals surface area contributed by atoms with Crippen LogP contribution in [0.5, 0.6) is 0 Å².